The highest BCUT2D eigenvalue weighted by Crippen LogP contribution is 2.33. The third-order valence-corrected chi connectivity index (χ3v) is 4.03. The number of rotatable bonds is 6. The van der Waals surface area contributed by atoms with Crippen molar-refractivity contribution in [3.63, 3.8) is 0 Å². The molecule has 0 aromatic heterocycles. The van der Waals surface area contributed by atoms with Crippen molar-refractivity contribution in [1.29, 1.82) is 0 Å². The van der Waals surface area contributed by atoms with Crippen molar-refractivity contribution in [3.05, 3.63) is 35.9 Å². The quantitative estimate of drug-likeness (QED) is 0.797. The van der Waals surface area contributed by atoms with Gasteiger partial charge in [0.05, 0.1) is 19.8 Å². The number of piperidine rings is 1. The van der Waals surface area contributed by atoms with Crippen molar-refractivity contribution in [2.75, 3.05) is 39.5 Å². The fourth-order valence-corrected chi connectivity index (χ4v) is 2.97. The molecule has 106 valence electrons. The van der Waals surface area contributed by atoms with E-state index in [1.54, 1.807) is 0 Å². The summed E-state index contributed by atoms with van der Waals surface area (Å²) >= 11 is 0. The summed E-state index contributed by atoms with van der Waals surface area (Å²) in [6, 6.07) is 10.8. The molecule has 1 aliphatic heterocycles. The Morgan fingerprint density at radius 1 is 1.26 bits per heavy atom. The highest BCUT2D eigenvalue weighted by molar-refractivity contribution is 5.25. The number of aliphatic hydroxyl groups excluding tert-OH is 1. The van der Waals surface area contributed by atoms with Crippen LogP contribution in [0.2, 0.25) is 0 Å². The average molecular weight is 263 g/mol. The van der Waals surface area contributed by atoms with Crippen LogP contribution in [0.25, 0.3) is 0 Å². The van der Waals surface area contributed by atoms with Gasteiger partial charge >= 0.3 is 0 Å². The standard InChI is InChI=1S/C16H25NO2/c1-16(15-6-3-2-4-7-15)8-5-9-17(14-16)10-12-19-13-11-18/h2-4,6-7,18H,5,8-14H2,1H3/t16-/m0/s1. The summed E-state index contributed by atoms with van der Waals surface area (Å²) in [5.74, 6) is 0. The first-order valence-corrected chi connectivity index (χ1v) is 7.21. The molecule has 2 rings (SSSR count). The molecule has 1 aromatic rings. The minimum Gasteiger partial charge on any atom is -0.394 e. The van der Waals surface area contributed by atoms with Gasteiger partial charge in [-0.1, -0.05) is 37.3 Å². The van der Waals surface area contributed by atoms with Crippen LogP contribution in [0.5, 0.6) is 0 Å². The number of benzene rings is 1. The second kappa shape index (κ2) is 7.04. The molecule has 0 saturated carbocycles. The number of ether oxygens (including phenoxy) is 1. The van der Waals surface area contributed by atoms with Gasteiger partial charge in [0.2, 0.25) is 0 Å². The molecule has 1 atom stereocenters. The summed E-state index contributed by atoms with van der Waals surface area (Å²) in [7, 11) is 0. The molecule has 1 N–H and O–H groups in total. The van der Waals surface area contributed by atoms with Crippen LogP contribution in [0, 0.1) is 0 Å². The molecular formula is C16H25NO2. The first kappa shape index (κ1) is 14.5. The molecule has 19 heavy (non-hydrogen) atoms. The Kier molecular flexibility index (Phi) is 5.37. The van der Waals surface area contributed by atoms with Crippen LogP contribution in [0.1, 0.15) is 25.3 Å². The summed E-state index contributed by atoms with van der Waals surface area (Å²) in [6.07, 6.45) is 2.50. The third-order valence-electron chi connectivity index (χ3n) is 4.03. The molecular weight excluding hydrogens is 238 g/mol. The Hall–Kier alpha value is -0.900. The summed E-state index contributed by atoms with van der Waals surface area (Å²) < 4.78 is 5.37. The summed E-state index contributed by atoms with van der Waals surface area (Å²) in [5, 5.41) is 8.70. The van der Waals surface area contributed by atoms with Gasteiger partial charge < -0.3 is 14.7 Å². The van der Waals surface area contributed by atoms with Gasteiger partial charge in [-0.3, -0.25) is 0 Å². The van der Waals surface area contributed by atoms with E-state index in [1.807, 2.05) is 0 Å². The van der Waals surface area contributed by atoms with Gasteiger partial charge in [-0.2, -0.15) is 0 Å². The number of hydrogen-bond acceptors (Lipinski definition) is 3. The topological polar surface area (TPSA) is 32.7 Å². The predicted octanol–water partition coefficient (Wildman–Crippen LogP) is 2.05. The van der Waals surface area contributed by atoms with Gasteiger partial charge in [-0.15, -0.1) is 0 Å². The molecule has 0 bridgehead atoms. The van der Waals surface area contributed by atoms with Crippen LogP contribution < -0.4 is 0 Å². The van der Waals surface area contributed by atoms with E-state index in [4.69, 9.17) is 9.84 Å². The number of hydrogen-bond donors (Lipinski definition) is 1. The van der Waals surface area contributed by atoms with Crippen LogP contribution in [-0.4, -0.2) is 49.5 Å². The molecule has 0 unspecified atom stereocenters. The van der Waals surface area contributed by atoms with E-state index >= 15 is 0 Å². The molecule has 1 saturated heterocycles. The van der Waals surface area contributed by atoms with Crippen molar-refractivity contribution in [2.45, 2.75) is 25.2 Å². The third kappa shape index (κ3) is 4.03. The molecule has 1 aromatic carbocycles. The van der Waals surface area contributed by atoms with Crippen LogP contribution >= 0.6 is 0 Å². The Labute approximate surface area is 116 Å². The van der Waals surface area contributed by atoms with Gasteiger partial charge in [0.15, 0.2) is 0 Å². The second-order valence-electron chi connectivity index (χ2n) is 5.64. The highest BCUT2D eigenvalue weighted by atomic mass is 16.5. The number of likely N-dealkylation sites (tertiary alicyclic amines) is 1. The van der Waals surface area contributed by atoms with E-state index < -0.39 is 0 Å². The Morgan fingerprint density at radius 2 is 2.05 bits per heavy atom. The van der Waals surface area contributed by atoms with Gasteiger partial charge in [0.25, 0.3) is 0 Å². The van der Waals surface area contributed by atoms with Crippen LogP contribution in [0.3, 0.4) is 0 Å². The van der Waals surface area contributed by atoms with Crippen LogP contribution in [0.15, 0.2) is 30.3 Å². The molecule has 1 fully saturated rings. The fourth-order valence-electron chi connectivity index (χ4n) is 2.97. The van der Waals surface area contributed by atoms with Crippen molar-refractivity contribution in [2.24, 2.45) is 0 Å². The van der Waals surface area contributed by atoms with Crippen LogP contribution in [-0.2, 0) is 10.2 Å². The average Bonchev–Trinajstić information content (AvgIpc) is 2.45. The predicted molar refractivity (Wildman–Crippen MR) is 77.4 cm³/mol. The lowest BCUT2D eigenvalue weighted by Crippen LogP contribution is -2.45. The van der Waals surface area contributed by atoms with Crippen molar-refractivity contribution in [1.82, 2.24) is 4.90 Å². The van der Waals surface area contributed by atoms with Crippen molar-refractivity contribution >= 4 is 0 Å². The minimum absolute atomic E-state index is 0.113. The largest absolute Gasteiger partial charge is 0.394 e. The molecule has 3 nitrogen and oxygen atoms in total. The van der Waals surface area contributed by atoms with E-state index in [-0.39, 0.29) is 12.0 Å². The van der Waals surface area contributed by atoms with Gasteiger partial charge in [0.1, 0.15) is 0 Å². The lowest BCUT2D eigenvalue weighted by Gasteiger charge is -2.41. The Balaban J connectivity index is 1.89. The minimum atomic E-state index is 0.113. The normalized spacial score (nSPS) is 24.5. The summed E-state index contributed by atoms with van der Waals surface area (Å²) in [5.41, 5.74) is 1.70. The van der Waals surface area contributed by atoms with E-state index in [9.17, 15) is 0 Å². The SMILES string of the molecule is C[C@]1(c2ccccc2)CCCN(CCOCCO)C1. The fraction of sp³-hybridized carbons (Fsp3) is 0.625. The summed E-state index contributed by atoms with van der Waals surface area (Å²) in [4.78, 5) is 2.48. The zero-order chi connectivity index (χ0) is 13.6. The number of nitrogens with zero attached hydrogens (tertiary/aromatic N) is 1. The number of aliphatic hydroxyl groups is 1. The maximum Gasteiger partial charge on any atom is 0.0698 e. The molecule has 1 heterocycles. The van der Waals surface area contributed by atoms with Gasteiger partial charge in [-0.25, -0.2) is 0 Å². The maximum absolute atomic E-state index is 8.70. The smallest absolute Gasteiger partial charge is 0.0698 e. The first-order valence-electron chi connectivity index (χ1n) is 7.21. The maximum atomic E-state index is 8.70. The molecule has 0 aliphatic carbocycles. The van der Waals surface area contributed by atoms with Crippen molar-refractivity contribution in [3.8, 4) is 0 Å². The van der Waals surface area contributed by atoms with E-state index in [0.717, 1.165) is 19.6 Å². The van der Waals surface area contributed by atoms with Crippen LogP contribution in [0.4, 0.5) is 0 Å². The monoisotopic (exact) mass is 263 g/mol. The molecule has 0 amide bonds. The summed E-state index contributed by atoms with van der Waals surface area (Å²) in [6.45, 7) is 6.85. The van der Waals surface area contributed by atoms with E-state index in [1.165, 1.54) is 18.4 Å². The Bertz CT molecular complexity index is 368. The first-order chi connectivity index (χ1) is 9.24. The molecule has 3 heteroatoms. The zero-order valence-electron chi connectivity index (χ0n) is 11.8. The van der Waals surface area contributed by atoms with Crippen molar-refractivity contribution < 1.29 is 9.84 Å². The second-order valence-corrected chi connectivity index (χ2v) is 5.64. The van der Waals surface area contributed by atoms with Gasteiger partial charge in [0, 0.05) is 18.5 Å². The van der Waals surface area contributed by atoms with Gasteiger partial charge in [-0.05, 0) is 24.9 Å². The van der Waals surface area contributed by atoms with E-state index in [0.29, 0.717) is 13.2 Å². The highest BCUT2D eigenvalue weighted by Gasteiger charge is 2.32. The Morgan fingerprint density at radius 3 is 2.79 bits per heavy atom. The molecule has 0 spiro atoms. The molecule has 1 aliphatic rings. The van der Waals surface area contributed by atoms with E-state index in [2.05, 4.69) is 42.2 Å². The lowest BCUT2D eigenvalue weighted by atomic mass is 9.76. The molecule has 0 radical (unpaired) electrons. The zero-order valence-corrected chi connectivity index (χ0v) is 11.8. The lowest BCUT2D eigenvalue weighted by molar-refractivity contribution is 0.0595.